The summed E-state index contributed by atoms with van der Waals surface area (Å²) < 4.78 is 38.8. The number of rotatable bonds is 3. The largest absolute Gasteiger partial charge is 0.416 e. The van der Waals surface area contributed by atoms with Crippen molar-refractivity contribution in [1.29, 1.82) is 0 Å². The van der Waals surface area contributed by atoms with Crippen LogP contribution in [0.25, 0.3) is 10.8 Å². The maximum atomic E-state index is 12.9. The summed E-state index contributed by atoms with van der Waals surface area (Å²) >= 11 is 0. The Labute approximate surface area is 175 Å². The van der Waals surface area contributed by atoms with Crippen molar-refractivity contribution < 1.29 is 22.9 Å². The van der Waals surface area contributed by atoms with Gasteiger partial charge in [-0.1, -0.05) is 30.3 Å². The Hall–Kier alpha value is -3.62. The summed E-state index contributed by atoms with van der Waals surface area (Å²) in [5.74, 6) is -0.146. The Kier molecular flexibility index (Phi) is 5.26. The van der Waals surface area contributed by atoms with E-state index in [0.717, 1.165) is 22.9 Å². The number of nitro benzene ring substituents is 1. The second-order valence-electron chi connectivity index (χ2n) is 7.30. The van der Waals surface area contributed by atoms with E-state index in [1.165, 1.54) is 0 Å². The number of hydrogen-bond acceptors (Lipinski definition) is 4. The van der Waals surface area contributed by atoms with Gasteiger partial charge in [-0.05, 0) is 35.0 Å². The molecule has 0 aliphatic carbocycles. The van der Waals surface area contributed by atoms with E-state index in [2.05, 4.69) is 0 Å². The Morgan fingerprint density at radius 1 is 0.903 bits per heavy atom. The molecule has 0 N–H and O–H groups in total. The average Bonchev–Trinajstić information content (AvgIpc) is 2.77. The molecule has 0 saturated carbocycles. The van der Waals surface area contributed by atoms with Crippen LogP contribution in [-0.4, -0.2) is 41.9 Å². The second kappa shape index (κ2) is 7.90. The van der Waals surface area contributed by atoms with Gasteiger partial charge in [-0.15, -0.1) is 0 Å². The zero-order valence-corrected chi connectivity index (χ0v) is 16.3. The van der Waals surface area contributed by atoms with E-state index in [-0.39, 0.29) is 24.7 Å². The molecule has 1 fully saturated rings. The molecule has 0 bridgehead atoms. The number of amides is 1. The van der Waals surface area contributed by atoms with Crippen LogP contribution in [0.1, 0.15) is 15.9 Å². The first kappa shape index (κ1) is 20.6. The molecule has 0 atom stereocenters. The van der Waals surface area contributed by atoms with Crippen LogP contribution in [0.2, 0.25) is 0 Å². The highest BCUT2D eigenvalue weighted by atomic mass is 19.4. The molecule has 1 aliphatic heterocycles. The van der Waals surface area contributed by atoms with Gasteiger partial charge in [0.1, 0.15) is 5.69 Å². The maximum absolute atomic E-state index is 12.9. The first-order valence-corrected chi connectivity index (χ1v) is 9.63. The number of nitrogens with zero attached hydrogens (tertiary/aromatic N) is 3. The van der Waals surface area contributed by atoms with Crippen LogP contribution in [0, 0.1) is 10.1 Å². The van der Waals surface area contributed by atoms with Gasteiger partial charge in [0.25, 0.3) is 11.6 Å². The number of alkyl halides is 3. The van der Waals surface area contributed by atoms with Gasteiger partial charge in [-0.3, -0.25) is 14.9 Å². The number of piperazine rings is 1. The minimum atomic E-state index is -4.66. The summed E-state index contributed by atoms with van der Waals surface area (Å²) in [5.41, 5.74) is -0.985. The predicted molar refractivity (Wildman–Crippen MR) is 110 cm³/mol. The van der Waals surface area contributed by atoms with E-state index in [9.17, 15) is 28.1 Å². The Morgan fingerprint density at radius 2 is 1.58 bits per heavy atom. The van der Waals surface area contributed by atoms with Gasteiger partial charge < -0.3 is 9.80 Å². The van der Waals surface area contributed by atoms with Crippen molar-refractivity contribution in [2.24, 2.45) is 0 Å². The lowest BCUT2D eigenvalue weighted by molar-refractivity contribution is -0.384. The smallest absolute Gasteiger partial charge is 0.362 e. The molecule has 0 unspecified atom stereocenters. The molecule has 4 rings (SSSR count). The molecular weight excluding hydrogens is 411 g/mol. The lowest BCUT2D eigenvalue weighted by Crippen LogP contribution is -2.49. The molecule has 3 aromatic carbocycles. The van der Waals surface area contributed by atoms with E-state index >= 15 is 0 Å². The molecule has 0 radical (unpaired) electrons. The molecule has 160 valence electrons. The fourth-order valence-corrected chi connectivity index (χ4v) is 3.77. The highest BCUT2D eigenvalue weighted by Crippen LogP contribution is 2.36. The molecule has 1 amide bonds. The molecule has 31 heavy (non-hydrogen) atoms. The summed E-state index contributed by atoms with van der Waals surface area (Å²) in [5, 5.41) is 13.3. The van der Waals surface area contributed by atoms with Crippen LogP contribution in [0.3, 0.4) is 0 Å². The van der Waals surface area contributed by atoms with E-state index in [1.54, 1.807) is 15.9 Å². The number of anilines is 1. The highest BCUT2D eigenvalue weighted by Gasteiger charge is 2.34. The molecule has 9 heteroatoms. The van der Waals surface area contributed by atoms with Crippen molar-refractivity contribution in [2.75, 3.05) is 31.1 Å². The van der Waals surface area contributed by atoms with E-state index in [4.69, 9.17) is 0 Å². The summed E-state index contributed by atoms with van der Waals surface area (Å²) in [6.45, 7) is 1.19. The van der Waals surface area contributed by atoms with Crippen molar-refractivity contribution >= 4 is 28.1 Å². The Bertz CT molecular complexity index is 1160. The molecule has 0 spiro atoms. The standard InChI is InChI=1S/C22H18F3N3O3/c23-22(24,25)18-7-8-19(20(14-18)28(30)31)26-9-11-27(12-10-26)21(29)17-6-5-15-3-1-2-4-16(15)13-17/h1-8,13-14H,9-12H2. The number of hydrogen-bond donors (Lipinski definition) is 0. The first-order valence-electron chi connectivity index (χ1n) is 9.63. The van der Waals surface area contributed by atoms with Gasteiger partial charge in [-0.2, -0.15) is 13.2 Å². The Morgan fingerprint density at radius 3 is 2.23 bits per heavy atom. The topological polar surface area (TPSA) is 66.7 Å². The minimum Gasteiger partial charge on any atom is -0.362 e. The van der Waals surface area contributed by atoms with E-state index in [1.807, 2.05) is 36.4 Å². The van der Waals surface area contributed by atoms with Crippen molar-refractivity contribution in [3.05, 3.63) is 81.9 Å². The molecular formula is C22H18F3N3O3. The summed E-state index contributed by atoms with van der Waals surface area (Å²) in [4.78, 5) is 26.7. The summed E-state index contributed by atoms with van der Waals surface area (Å²) in [7, 11) is 0. The molecule has 3 aromatic rings. The third kappa shape index (κ3) is 4.16. The SMILES string of the molecule is O=C(c1ccc2ccccc2c1)N1CCN(c2ccc(C(F)(F)F)cc2[N+](=O)[O-])CC1. The third-order valence-corrected chi connectivity index (χ3v) is 5.40. The van der Waals surface area contributed by atoms with Crippen molar-refractivity contribution in [3.63, 3.8) is 0 Å². The first-order chi connectivity index (χ1) is 14.7. The lowest BCUT2D eigenvalue weighted by Gasteiger charge is -2.36. The zero-order valence-electron chi connectivity index (χ0n) is 16.3. The summed E-state index contributed by atoms with van der Waals surface area (Å²) in [6.07, 6.45) is -4.66. The number of benzene rings is 3. The molecule has 1 aliphatic rings. The van der Waals surface area contributed by atoms with Gasteiger partial charge in [0.2, 0.25) is 0 Å². The van der Waals surface area contributed by atoms with Crippen LogP contribution in [-0.2, 0) is 6.18 Å². The minimum absolute atomic E-state index is 0.121. The fraction of sp³-hybridized carbons (Fsp3) is 0.227. The number of carbonyl (C=O) groups is 1. The molecule has 6 nitrogen and oxygen atoms in total. The number of carbonyl (C=O) groups excluding carboxylic acids is 1. The van der Waals surface area contributed by atoms with E-state index < -0.39 is 22.4 Å². The van der Waals surface area contributed by atoms with Gasteiger partial charge in [-0.25, -0.2) is 0 Å². The maximum Gasteiger partial charge on any atom is 0.416 e. The van der Waals surface area contributed by atoms with Crippen molar-refractivity contribution in [3.8, 4) is 0 Å². The monoisotopic (exact) mass is 429 g/mol. The normalized spacial score (nSPS) is 14.7. The van der Waals surface area contributed by atoms with Crippen LogP contribution in [0.5, 0.6) is 0 Å². The van der Waals surface area contributed by atoms with Crippen molar-refractivity contribution in [1.82, 2.24) is 4.90 Å². The van der Waals surface area contributed by atoms with Crippen LogP contribution >= 0.6 is 0 Å². The number of fused-ring (bicyclic) bond motifs is 1. The van der Waals surface area contributed by atoms with Crippen LogP contribution < -0.4 is 4.90 Å². The van der Waals surface area contributed by atoms with Crippen molar-refractivity contribution in [2.45, 2.75) is 6.18 Å². The average molecular weight is 429 g/mol. The number of halogens is 3. The van der Waals surface area contributed by atoms with Crippen LogP contribution in [0.15, 0.2) is 60.7 Å². The second-order valence-corrected chi connectivity index (χ2v) is 7.30. The molecule has 1 heterocycles. The number of nitro groups is 1. The van der Waals surface area contributed by atoms with Crippen LogP contribution in [0.4, 0.5) is 24.5 Å². The predicted octanol–water partition coefficient (Wildman–Crippen LogP) is 4.73. The third-order valence-electron chi connectivity index (χ3n) is 5.40. The fourth-order valence-electron chi connectivity index (χ4n) is 3.77. The molecule has 1 saturated heterocycles. The van der Waals surface area contributed by atoms with E-state index in [0.29, 0.717) is 24.7 Å². The summed E-state index contributed by atoms with van der Waals surface area (Å²) in [6, 6.07) is 15.7. The highest BCUT2D eigenvalue weighted by molar-refractivity contribution is 5.98. The quantitative estimate of drug-likeness (QED) is 0.446. The van der Waals surface area contributed by atoms with Gasteiger partial charge in [0.05, 0.1) is 10.5 Å². The zero-order chi connectivity index (χ0) is 22.2. The van der Waals surface area contributed by atoms with Gasteiger partial charge in [0.15, 0.2) is 0 Å². The Balaban J connectivity index is 1.50. The van der Waals surface area contributed by atoms with Gasteiger partial charge >= 0.3 is 6.18 Å². The molecule has 0 aromatic heterocycles. The van der Waals surface area contributed by atoms with Gasteiger partial charge in [0, 0.05) is 37.8 Å². The lowest BCUT2D eigenvalue weighted by atomic mass is 10.1.